The van der Waals surface area contributed by atoms with E-state index in [1.807, 2.05) is 0 Å². The van der Waals surface area contributed by atoms with Gasteiger partial charge in [0.1, 0.15) is 0 Å². The van der Waals surface area contributed by atoms with Crippen molar-refractivity contribution in [1.29, 1.82) is 0 Å². The van der Waals surface area contributed by atoms with Gasteiger partial charge in [0.05, 0.1) is 12.6 Å². The molecule has 1 aliphatic carbocycles. The summed E-state index contributed by atoms with van der Waals surface area (Å²) in [6.45, 7) is 3.09. The Morgan fingerprint density at radius 3 is 2.96 bits per heavy atom. The van der Waals surface area contributed by atoms with E-state index in [-0.39, 0.29) is 24.4 Å². The highest BCUT2D eigenvalue weighted by Gasteiger charge is 2.25. The van der Waals surface area contributed by atoms with Gasteiger partial charge in [-0.25, -0.2) is 0 Å². The minimum Gasteiger partial charge on any atom is -0.347 e. The first kappa shape index (κ1) is 19.1. The smallest absolute Gasteiger partial charge is 0.246 e. The summed E-state index contributed by atoms with van der Waals surface area (Å²) >= 11 is 0. The molecule has 1 amide bonds. The van der Waals surface area contributed by atoms with Gasteiger partial charge in [-0.1, -0.05) is 30.8 Å². The number of rotatable bonds is 6. The second kappa shape index (κ2) is 9.34. The zero-order valence-corrected chi connectivity index (χ0v) is 15.1. The monoisotopic (exact) mass is 357 g/mol. The summed E-state index contributed by atoms with van der Waals surface area (Å²) in [5.74, 6) is 1.99. The Labute approximate surface area is 149 Å². The Hall–Kier alpha value is -1.18. The van der Waals surface area contributed by atoms with Gasteiger partial charge in [0.2, 0.25) is 11.8 Å². The van der Waals surface area contributed by atoms with Crippen molar-refractivity contribution in [2.45, 2.75) is 51.1 Å². The number of amides is 1. The Morgan fingerprint density at radius 2 is 2.21 bits per heavy atom. The van der Waals surface area contributed by atoms with Gasteiger partial charge in [-0.3, -0.25) is 9.69 Å². The number of hydrogen-bond acceptors (Lipinski definition) is 6. The van der Waals surface area contributed by atoms with Gasteiger partial charge in [-0.2, -0.15) is 4.98 Å². The van der Waals surface area contributed by atoms with Crippen molar-refractivity contribution in [2.75, 3.05) is 26.7 Å². The molecule has 8 heteroatoms. The van der Waals surface area contributed by atoms with Crippen LogP contribution in [0.3, 0.4) is 0 Å². The van der Waals surface area contributed by atoms with Gasteiger partial charge in [-0.05, 0) is 19.4 Å². The highest BCUT2D eigenvalue weighted by atomic mass is 35.5. The second-order valence-corrected chi connectivity index (χ2v) is 6.71. The van der Waals surface area contributed by atoms with Crippen LogP contribution in [0.1, 0.15) is 56.3 Å². The molecule has 1 unspecified atom stereocenters. The topological polar surface area (TPSA) is 83.3 Å². The molecular weight excluding hydrogens is 330 g/mol. The predicted octanol–water partition coefficient (Wildman–Crippen LogP) is 1.65. The molecule has 1 aromatic heterocycles. The Balaban J connectivity index is 0.00000208. The van der Waals surface area contributed by atoms with E-state index < -0.39 is 0 Å². The van der Waals surface area contributed by atoms with Crippen LogP contribution in [-0.4, -0.2) is 47.6 Å². The minimum absolute atomic E-state index is 0. The van der Waals surface area contributed by atoms with Crippen LogP contribution in [0.5, 0.6) is 0 Å². The lowest BCUT2D eigenvalue weighted by Crippen LogP contribution is -2.44. The van der Waals surface area contributed by atoms with Gasteiger partial charge in [0, 0.05) is 26.1 Å². The number of piperazine rings is 1. The van der Waals surface area contributed by atoms with Crippen LogP contribution >= 0.6 is 12.4 Å². The van der Waals surface area contributed by atoms with E-state index in [0.717, 1.165) is 32.0 Å². The number of nitrogens with zero attached hydrogens (tertiary/aromatic N) is 3. The van der Waals surface area contributed by atoms with Gasteiger partial charge < -0.3 is 15.2 Å². The maximum absolute atomic E-state index is 11.9. The molecule has 1 atom stereocenters. The quantitative estimate of drug-likeness (QED) is 0.805. The third-order valence-corrected chi connectivity index (χ3v) is 4.98. The average Bonchev–Trinajstić information content (AvgIpc) is 3.23. The van der Waals surface area contributed by atoms with Crippen molar-refractivity contribution in [3.05, 3.63) is 11.7 Å². The van der Waals surface area contributed by atoms with Crippen LogP contribution in [0.2, 0.25) is 0 Å². The Kier molecular flexibility index (Phi) is 7.45. The molecule has 136 valence electrons. The van der Waals surface area contributed by atoms with E-state index >= 15 is 0 Å². The minimum atomic E-state index is 0. The van der Waals surface area contributed by atoms with Gasteiger partial charge >= 0.3 is 0 Å². The fourth-order valence-electron chi connectivity index (χ4n) is 3.47. The van der Waals surface area contributed by atoms with Crippen molar-refractivity contribution >= 4 is 18.3 Å². The maximum Gasteiger partial charge on any atom is 0.246 e. The number of carbonyl (C=O) groups is 1. The first-order valence-electron chi connectivity index (χ1n) is 8.72. The van der Waals surface area contributed by atoms with Crippen LogP contribution in [0.4, 0.5) is 0 Å². The summed E-state index contributed by atoms with van der Waals surface area (Å²) in [6.07, 6.45) is 6.80. The van der Waals surface area contributed by atoms with E-state index in [4.69, 9.17) is 4.52 Å². The largest absolute Gasteiger partial charge is 0.347 e. The molecule has 2 N–H and O–H groups in total. The predicted molar refractivity (Wildman–Crippen MR) is 92.8 cm³/mol. The normalized spacial score (nSPS) is 22.3. The molecule has 7 nitrogen and oxygen atoms in total. The molecule has 0 spiro atoms. The van der Waals surface area contributed by atoms with Gasteiger partial charge in [0.25, 0.3) is 0 Å². The van der Waals surface area contributed by atoms with E-state index in [1.165, 1.54) is 25.7 Å². The van der Waals surface area contributed by atoms with E-state index in [0.29, 0.717) is 24.7 Å². The first-order valence-corrected chi connectivity index (χ1v) is 8.72. The fraction of sp³-hybridized carbons (Fsp3) is 0.812. The summed E-state index contributed by atoms with van der Waals surface area (Å²) in [6, 6.07) is 0.138. The molecule has 2 fully saturated rings. The Bertz CT molecular complexity index is 518. The van der Waals surface area contributed by atoms with Crippen LogP contribution < -0.4 is 10.6 Å². The number of hydrogen-bond donors (Lipinski definition) is 2. The van der Waals surface area contributed by atoms with Crippen molar-refractivity contribution in [3.63, 3.8) is 0 Å². The summed E-state index contributed by atoms with van der Waals surface area (Å²) in [4.78, 5) is 18.5. The molecule has 1 aromatic rings. The van der Waals surface area contributed by atoms with Crippen LogP contribution in [-0.2, 0) is 11.3 Å². The standard InChI is InChI=1S/C16H27N5O2.ClH/c1-21-9-8-17-10-13(21)16-19-15(23-20-16)11-18-14(22)7-6-12-4-2-3-5-12;/h12-13,17H,2-11H2,1H3,(H,18,22);1H. The third kappa shape index (κ3) is 5.16. The first-order chi connectivity index (χ1) is 11.2. The molecule has 1 aliphatic heterocycles. The fourth-order valence-corrected chi connectivity index (χ4v) is 3.47. The summed E-state index contributed by atoms with van der Waals surface area (Å²) in [5.41, 5.74) is 0. The number of aromatic nitrogens is 2. The molecule has 0 aromatic carbocycles. The van der Waals surface area contributed by atoms with E-state index in [1.54, 1.807) is 0 Å². The molecule has 2 aliphatic rings. The zero-order chi connectivity index (χ0) is 16.1. The summed E-state index contributed by atoms with van der Waals surface area (Å²) in [5, 5.41) is 10.3. The summed E-state index contributed by atoms with van der Waals surface area (Å²) < 4.78 is 5.26. The SMILES string of the molecule is CN1CCNCC1c1noc(CNC(=O)CCC2CCCC2)n1.Cl. The number of likely N-dealkylation sites (N-methyl/N-ethyl adjacent to an activating group) is 1. The van der Waals surface area contributed by atoms with Gasteiger partial charge in [-0.15, -0.1) is 12.4 Å². The number of carbonyl (C=O) groups excluding carboxylic acids is 1. The van der Waals surface area contributed by atoms with Crippen molar-refractivity contribution in [1.82, 2.24) is 25.7 Å². The summed E-state index contributed by atoms with van der Waals surface area (Å²) in [7, 11) is 2.06. The molecule has 0 radical (unpaired) electrons. The second-order valence-electron chi connectivity index (χ2n) is 6.71. The molecule has 3 rings (SSSR count). The van der Waals surface area contributed by atoms with Crippen LogP contribution in [0, 0.1) is 5.92 Å². The van der Waals surface area contributed by atoms with E-state index in [2.05, 4.69) is 32.7 Å². The van der Waals surface area contributed by atoms with Crippen molar-refractivity contribution < 1.29 is 9.32 Å². The molecule has 1 saturated carbocycles. The molecule has 1 saturated heterocycles. The van der Waals surface area contributed by atoms with Crippen molar-refractivity contribution in [2.24, 2.45) is 5.92 Å². The molecular formula is C16H28ClN5O2. The van der Waals surface area contributed by atoms with Crippen LogP contribution in [0.25, 0.3) is 0 Å². The lowest BCUT2D eigenvalue weighted by Gasteiger charge is -2.30. The number of halogens is 1. The molecule has 2 heterocycles. The maximum atomic E-state index is 11.9. The third-order valence-electron chi connectivity index (χ3n) is 4.98. The van der Waals surface area contributed by atoms with Crippen LogP contribution in [0.15, 0.2) is 4.52 Å². The molecule has 24 heavy (non-hydrogen) atoms. The average molecular weight is 358 g/mol. The number of nitrogens with one attached hydrogen (secondary N) is 2. The van der Waals surface area contributed by atoms with Crippen molar-refractivity contribution in [3.8, 4) is 0 Å². The van der Waals surface area contributed by atoms with E-state index in [9.17, 15) is 4.79 Å². The molecule has 0 bridgehead atoms. The Morgan fingerprint density at radius 1 is 1.42 bits per heavy atom. The lowest BCUT2D eigenvalue weighted by atomic mass is 10.0. The highest BCUT2D eigenvalue weighted by Crippen LogP contribution is 2.28. The zero-order valence-electron chi connectivity index (χ0n) is 14.3. The lowest BCUT2D eigenvalue weighted by molar-refractivity contribution is -0.121. The van der Waals surface area contributed by atoms with Gasteiger partial charge in [0.15, 0.2) is 5.82 Å². The highest BCUT2D eigenvalue weighted by molar-refractivity contribution is 5.85.